The van der Waals surface area contributed by atoms with Crippen LogP contribution < -0.4 is 10.2 Å². The van der Waals surface area contributed by atoms with Gasteiger partial charge in [-0.15, -0.1) is 0 Å². The second kappa shape index (κ2) is 6.22. The van der Waals surface area contributed by atoms with Gasteiger partial charge in [0, 0.05) is 31.2 Å². The number of benzene rings is 1. The normalized spacial score (nSPS) is 18.1. The van der Waals surface area contributed by atoms with Crippen LogP contribution in [0.1, 0.15) is 19.3 Å². The van der Waals surface area contributed by atoms with Gasteiger partial charge in [-0.25, -0.2) is 0 Å². The summed E-state index contributed by atoms with van der Waals surface area (Å²) in [6.07, 6.45) is 1.47. The number of carbonyl (C=O) groups is 2. The summed E-state index contributed by atoms with van der Waals surface area (Å²) in [4.78, 5) is 24.0. The van der Waals surface area contributed by atoms with Crippen LogP contribution >= 0.6 is 0 Å². The second-order valence-electron chi connectivity index (χ2n) is 4.73. The number of aliphatic carboxylic acids is 1. The Morgan fingerprint density at radius 1 is 1.37 bits per heavy atom. The third kappa shape index (κ3) is 3.98. The van der Waals surface area contributed by atoms with Crippen molar-refractivity contribution in [2.45, 2.75) is 25.3 Å². The lowest BCUT2D eigenvalue weighted by Gasteiger charge is -2.27. The highest BCUT2D eigenvalue weighted by Crippen LogP contribution is 2.17. The fourth-order valence-electron chi connectivity index (χ4n) is 2.28. The molecule has 5 nitrogen and oxygen atoms in total. The van der Waals surface area contributed by atoms with E-state index in [2.05, 4.69) is 5.32 Å². The van der Waals surface area contributed by atoms with Gasteiger partial charge in [-0.1, -0.05) is 18.2 Å². The quantitative estimate of drug-likeness (QED) is 0.809. The number of anilines is 1. The molecular weight excluding hydrogens is 244 g/mol. The molecule has 1 amide bonds. The summed E-state index contributed by atoms with van der Waals surface area (Å²) in [6.45, 7) is 1.11. The van der Waals surface area contributed by atoms with Crippen LogP contribution in [-0.4, -0.2) is 36.1 Å². The molecule has 0 saturated carbocycles. The van der Waals surface area contributed by atoms with Gasteiger partial charge in [-0.2, -0.15) is 0 Å². The smallest absolute Gasteiger partial charge is 0.305 e. The largest absolute Gasteiger partial charge is 0.481 e. The molecule has 5 heteroatoms. The van der Waals surface area contributed by atoms with Crippen molar-refractivity contribution in [1.29, 1.82) is 0 Å². The van der Waals surface area contributed by atoms with E-state index in [0.29, 0.717) is 19.5 Å². The number of para-hydroxylation sites is 1. The number of amides is 1. The van der Waals surface area contributed by atoms with Crippen LogP contribution in [0.15, 0.2) is 30.3 Å². The zero-order valence-electron chi connectivity index (χ0n) is 10.7. The standard InChI is InChI=1S/C14H18N2O3/c17-13-7-6-11(15-13)10-16(9-8-14(18)19)12-4-2-1-3-5-12/h1-5,11H,6-10H2,(H,15,17)(H,18,19). The molecule has 2 rings (SSSR count). The first-order chi connectivity index (χ1) is 9.15. The summed E-state index contributed by atoms with van der Waals surface area (Å²) >= 11 is 0. The Kier molecular flexibility index (Phi) is 4.39. The zero-order chi connectivity index (χ0) is 13.7. The first kappa shape index (κ1) is 13.4. The fourth-order valence-corrected chi connectivity index (χ4v) is 2.28. The SMILES string of the molecule is O=C(O)CCN(CC1CCC(=O)N1)c1ccccc1. The number of hydrogen-bond acceptors (Lipinski definition) is 3. The predicted molar refractivity (Wildman–Crippen MR) is 72.1 cm³/mol. The van der Waals surface area contributed by atoms with E-state index in [9.17, 15) is 9.59 Å². The van der Waals surface area contributed by atoms with Crippen molar-refractivity contribution >= 4 is 17.6 Å². The summed E-state index contributed by atoms with van der Waals surface area (Å²) in [5, 5.41) is 11.7. The number of nitrogens with zero attached hydrogens (tertiary/aromatic N) is 1. The van der Waals surface area contributed by atoms with Crippen LogP contribution in [0.4, 0.5) is 5.69 Å². The lowest BCUT2D eigenvalue weighted by Crippen LogP contribution is -2.39. The molecular formula is C14H18N2O3. The van der Waals surface area contributed by atoms with Gasteiger partial charge >= 0.3 is 5.97 Å². The van der Waals surface area contributed by atoms with E-state index in [1.165, 1.54) is 0 Å². The fraction of sp³-hybridized carbons (Fsp3) is 0.429. The van der Waals surface area contributed by atoms with E-state index in [1.807, 2.05) is 35.2 Å². The van der Waals surface area contributed by atoms with Crippen molar-refractivity contribution < 1.29 is 14.7 Å². The molecule has 1 unspecified atom stereocenters. The molecule has 0 bridgehead atoms. The monoisotopic (exact) mass is 262 g/mol. The van der Waals surface area contributed by atoms with Gasteiger partial charge < -0.3 is 15.3 Å². The minimum Gasteiger partial charge on any atom is -0.481 e. The summed E-state index contributed by atoms with van der Waals surface area (Å²) in [5.74, 6) is -0.729. The molecule has 0 spiro atoms. The van der Waals surface area contributed by atoms with Crippen molar-refractivity contribution in [3.8, 4) is 0 Å². The van der Waals surface area contributed by atoms with Crippen LogP contribution in [0, 0.1) is 0 Å². The predicted octanol–water partition coefficient (Wildman–Crippen LogP) is 1.25. The lowest BCUT2D eigenvalue weighted by atomic mass is 10.2. The maximum Gasteiger partial charge on any atom is 0.305 e. The summed E-state index contributed by atoms with van der Waals surface area (Å²) in [6, 6.07) is 9.81. The Balaban J connectivity index is 2.01. The molecule has 2 N–H and O–H groups in total. The van der Waals surface area contributed by atoms with Gasteiger partial charge in [0.05, 0.1) is 6.42 Å². The molecule has 0 aromatic heterocycles. The maximum absolute atomic E-state index is 11.2. The molecule has 1 fully saturated rings. The minimum absolute atomic E-state index is 0.0799. The number of hydrogen-bond donors (Lipinski definition) is 2. The van der Waals surface area contributed by atoms with Crippen molar-refractivity contribution in [2.24, 2.45) is 0 Å². The molecule has 1 atom stereocenters. The molecule has 0 aliphatic carbocycles. The van der Waals surface area contributed by atoms with Crippen LogP contribution in [0.2, 0.25) is 0 Å². The van der Waals surface area contributed by atoms with Gasteiger partial charge in [0.1, 0.15) is 0 Å². The lowest BCUT2D eigenvalue weighted by molar-refractivity contribution is -0.136. The summed E-state index contributed by atoms with van der Waals surface area (Å²) < 4.78 is 0. The number of carboxylic acid groups (broad SMARTS) is 1. The topological polar surface area (TPSA) is 69.6 Å². The minimum atomic E-state index is -0.809. The molecule has 1 aliphatic rings. The van der Waals surface area contributed by atoms with Gasteiger partial charge in [-0.05, 0) is 18.6 Å². The third-order valence-corrected chi connectivity index (χ3v) is 3.24. The molecule has 1 aliphatic heterocycles. The third-order valence-electron chi connectivity index (χ3n) is 3.24. The highest BCUT2D eigenvalue weighted by Gasteiger charge is 2.23. The van der Waals surface area contributed by atoms with Crippen LogP contribution in [-0.2, 0) is 9.59 Å². The summed E-state index contributed by atoms with van der Waals surface area (Å²) in [7, 11) is 0. The molecule has 0 radical (unpaired) electrons. The van der Waals surface area contributed by atoms with E-state index >= 15 is 0 Å². The average molecular weight is 262 g/mol. The summed E-state index contributed by atoms with van der Waals surface area (Å²) in [5.41, 5.74) is 0.991. The Hall–Kier alpha value is -2.04. The van der Waals surface area contributed by atoms with Gasteiger partial charge in [0.25, 0.3) is 0 Å². The van der Waals surface area contributed by atoms with Crippen molar-refractivity contribution in [3.05, 3.63) is 30.3 Å². The van der Waals surface area contributed by atoms with Crippen LogP contribution in [0.3, 0.4) is 0 Å². The number of carbonyl (C=O) groups excluding carboxylic acids is 1. The first-order valence-corrected chi connectivity index (χ1v) is 6.46. The van der Waals surface area contributed by atoms with E-state index in [-0.39, 0.29) is 18.4 Å². The van der Waals surface area contributed by atoms with Gasteiger partial charge in [-0.3, -0.25) is 9.59 Å². The number of rotatable bonds is 6. The average Bonchev–Trinajstić information content (AvgIpc) is 2.81. The molecule has 1 aromatic rings. The molecule has 1 saturated heterocycles. The van der Waals surface area contributed by atoms with Crippen molar-refractivity contribution in [1.82, 2.24) is 5.32 Å². The van der Waals surface area contributed by atoms with E-state index in [1.54, 1.807) is 0 Å². The van der Waals surface area contributed by atoms with Crippen molar-refractivity contribution in [3.63, 3.8) is 0 Å². The second-order valence-corrected chi connectivity index (χ2v) is 4.73. The molecule has 19 heavy (non-hydrogen) atoms. The first-order valence-electron chi connectivity index (χ1n) is 6.46. The maximum atomic E-state index is 11.2. The molecule has 1 heterocycles. The van der Waals surface area contributed by atoms with E-state index < -0.39 is 5.97 Å². The van der Waals surface area contributed by atoms with Crippen LogP contribution in [0.25, 0.3) is 0 Å². The zero-order valence-corrected chi connectivity index (χ0v) is 10.7. The Morgan fingerprint density at radius 3 is 2.68 bits per heavy atom. The highest BCUT2D eigenvalue weighted by molar-refractivity contribution is 5.78. The van der Waals surface area contributed by atoms with E-state index in [4.69, 9.17) is 5.11 Å². The number of nitrogens with one attached hydrogen (secondary N) is 1. The molecule has 1 aromatic carbocycles. The Labute approximate surface area is 112 Å². The Bertz CT molecular complexity index is 447. The van der Waals surface area contributed by atoms with E-state index in [0.717, 1.165) is 12.1 Å². The van der Waals surface area contributed by atoms with Crippen LogP contribution in [0.5, 0.6) is 0 Å². The van der Waals surface area contributed by atoms with Crippen molar-refractivity contribution in [2.75, 3.05) is 18.0 Å². The van der Waals surface area contributed by atoms with Gasteiger partial charge in [0.15, 0.2) is 0 Å². The Morgan fingerprint density at radius 2 is 2.11 bits per heavy atom. The highest BCUT2D eigenvalue weighted by atomic mass is 16.4. The number of carboxylic acids is 1. The molecule has 102 valence electrons. The van der Waals surface area contributed by atoms with Gasteiger partial charge in [0.2, 0.25) is 5.91 Å².